The molecular formula is C7H6KNO4. The molecule has 1 aromatic carbocycles. The van der Waals surface area contributed by atoms with E-state index in [2.05, 4.69) is 0 Å². The molecule has 0 aliphatic heterocycles. The van der Waals surface area contributed by atoms with Gasteiger partial charge in [-0.05, 0) is 6.07 Å². The van der Waals surface area contributed by atoms with E-state index >= 15 is 0 Å². The molecule has 0 bridgehead atoms. The molecule has 0 spiro atoms. The van der Waals surface area contributed by atoms with Crippen LogP contribution in [0, 0.1) is 10.1 Å². The van der Waals surface area contributed by atoms with Crippen LogP contribution in [-0.4, -0.2) is 67.4 Å². The summed E-state index contributed by atoms with van der Waals surface area (Å²) in [7, 11) is 0. The van der Waals surface area contributed by atoms with Crippen molar-refractivity contribution < 1.29 is 14.8 Å². The number of carboxylic acids is 1. The Hall–Kier alpha value is -0.274. The van der Waals surface area contributed by atoms with E-state index in [-0.39, 0.29) is 62.6 Å². The average molecular weight is 207 g/mol. The number of para-hydroxylation sites is 1. The van der Waals surface area contributed by atoms with E-state index in [0.29, 0.717) is 0 Å². The van der Waals surface area contributed by atoms with E-state index < -0.39 is 10.9 Å². The summed E-state index contributed by atoms with van der Waals surface area (Å²) in [6.45, 7) is 0. The van der Waals surface area contributed by atoms with E-state index in [4.69, 9.17) is 5.11 Å². The fourth-order valence-corrected chi connectivity index (χ4v) is 0.814. The molecule has 0 atom stereocenters. The first-order chi connectivity index (χ1) is 5.63. The first-order valence-corrected chi connectivity index (χ1v) is 3.09. The molecule has 0 aromatic heterocycles. The molecule has 0 saturated heterocycles. The van der Waals surface area contributed by atoms with Crippen LogP contribution in [0.3, 0.4) is 0 Å². The number of hydrogen-bond donors (Lipinski definition) is 1. The van der Waals surface area contributed by atoms with Crippen molar-refractivity contribution in [3.05, 3.63) is 39.9 Å². The van der Waals surface area contributed by atoms with Gasteiger partial charge >= 0.3 is 57.4 Å². The van der Waals surface area contributed by atoms with Crippen LogP contribution < -0.4 is 0 Å². The van der Waals surface area contributed by atoms with Crippen molar-refractivity contribution >= 4 is 63.0 Å². The number of carboxylic acid groups (broad SMARTS) is 1. The van der Waals surface area contributed by atoms with Gasteiger partial charge in [0, 0.05) is 6.07 Å². The summed E-state index contributed by atoms with van der Waals surface area (Å²) in [5.41, 5.74) is -0.674. The molecular weight excluding hydrogens is 201 g/mol. The second kappa shape index (κ2) is 5.46. The van der Waals surface area contributed by atoms with Crippen LogP contribution in [0.4, 0.5) is 5.69 Å². The quantitative estimate of drug-likeness (QED) is 0.438. The summed E-state index contributed by atoms with van der Waals surface area (Å²) in [6.07, 6.45) is 0. The molecule has 0 saturated carbocycles. The molecule has 6 heteroatoms. The van der Waals surface area contributed by atoms with Crippen LogP contribution in [0.1, 0.15) is 10.4 Å². The molecule has 1 rings (SSSR count). The summed E-state index contributed by atoms with van der Waals surface area (Å²) < 4.78 is 0. The first kappa shape index (κ1) is 12.7. The van der Waals surface area contributed by atoms with Crippen LogP contribution >= 0.6 is 0 Å². The van der Waals surface area contributed by atoms with Gasteiger partial charge in [-0.25, -0.2) is 4.79 Å². The van der Waals surface area contributed by atoms with Crippen LogP contribution in [0.5, 0.6) is 0 Å². The number of nitro benzene ring substituents is 1. The monoisotopic (exact) mass is 207 g/mol. The molecule has 5 nitrogen and oxygen atoms in total. The molecule has 64 valence electrons. The zero-order chi connectivity index (χ0) is 9.14. The summed E-state index contributed by atoms with van der Waals surface area (Å²) in [5.74, 6) is -1.29. The number of aromatic carboxylic acids is 1. The zero-order valence-electron chi connectivity index (χ0n) is 5.93. The third kappa shape index (κ3) is 3.16. The fourth-order valence-electron chi connectivity index (χ4n) is 0.814. The minimum atomic E-state index is -1.29. The Kier molecular flexibility index (Phi) is 5.34. The van der Waals surface area contributed by atoms with Crippen LogP contribution in [0.2, 0.25) is 0 Å². The Morgan fingerprint density at radius 3 is 2.31 bits per heavy atom. The molecule has 0 radical (unpaired) electrons. The Labute approximate surface area is 116 Å². The third-order valence-corrected chi connectivity index (χ3v) is 1.33. The van der Waals surface area contributed by atoms with Gasteiger partial charge in [0.05, 0.1) is 4.92 Å². The van der Waals surface area contributed by atoms with E-state index in [1.807, 2.05) is 0 Å². The number of rotatable bonds is 2. The summed E-state index contributed by atoms with van der Waals surface area (Å²) in [4.78, 5) is 20.0. The van der Waals surface area contributed by atoms with Gasteiger partial charge in [0.1, 0.15) is 5.56 Å². The van der Waals surface area contributed by atoms with Crippen LogP contribution in [0.25, 0.3) is 0 Å². The van der Waals surface area contributed by atoms with Gasteiger partial charge < -0.3 is 5.11 Å². The van der Waals surface area contributed by atoms with Gasteiger partial charge in [-0.2, -0.15) is 0 Å². The van der Waals surface area contributed by atoms with Crippen molar-refractivity contribution in [1.82, 2.24) is 0 Å². The Bertz CT molecular complexity index is 306. The topological polar surface area (TPSA) is 80.4 Å². The van der Waals surface area contributed by atoms with Crippen LogP contribution in [0.15, 0.2) is 24.3 Å². The summed E-state index contributed by atoms with van der Waals surface area (Å²) in [6, 6.07) is 5.21. The molecule has 0 aliphatic carbocycles. The van der Waals surface area contributed by atoms with Crippen molar-refractivity contribution in [3.8, 4) is 0 Å². The number of nitro groups is 1. The number of nitrogens with zero attached hydrogens (tertiary/aromatic N) is 1. The molecule has 0 aliphatic rings. The molecule has 1 N–H and O–H groups in total. The Morgan fingerprint density at radius 2 is 1.92 bits per heavy atom. The predicted molar refractivity (Wildman–Crippen MR) is 47.2 cm³/mol. The van der Waals surface area contributed by atoms with Crippen LogP contribution in [-0.2, 0) is 0 Å². The fraction of sp³-hybridized carbons (Fsp3) is 0. The van der Waals surface area contributed by atoms with Gasteiger partial charge in [-0.3, -0.25) is 10.1 Å². The Balaban J connectivity index is 0.00000144. The summed E-state index contributed by atoms with van der Waals surface area (Å²) >= 11 is 0. The second-order valence-corrected chi connectivity index (χ2v) is 2.08. The van der Waals surface area contributed by atoms with E-state index in [1.54, 1.807) is 0 Å². The maximum absolute atomic E-state index is 10.4. The van der Waals surface area contributed by atoms with Crippen molar-refractivity contribution in [2.75, 3.05) is 0 Å². The molecule has 0 heterocycles. The van der Waals surface area contributed by atoms with Crippen molar-refractivity contribution in [3.63, 3.8) is 0 Å². The second-order valence-electron chi connectivity index (χ2n) is 2.08. The Morgan fingerprint density at radius 1 is 1.38 bits per heavy atom. The van der Waals surface area contributed by atoms with Gasteiger partial charge in [-0.1, -0.05) is 12.1 Å². The average Bonchev–Trinajstić information content (AvgIpc) is 2.04. The van der Waals surface area contributed by atoms with Crippen molar-refractivity contribution in [1.29, 1.82) is 0 Å². The SMILES string of the molecule is O=C(O)c1ccccc1[N+](=O)[O-].[KH]. The molecule has 13 heavy (non-hydrogen) atoms. The molecule has 0 amide bonds. The van der Waals surface area contributed by atoms with Gasteiger partial charge in [0.2, 0.25) is 0 Å². The van der Waals surface area contributed by atoms with Gasteiger partial charge in [0.25, 0.3) is 5.69 Å². The van der Waals surface area contributed by atoms with E-state index in [1.165, 1.54) is 18.2 Å². The predicted octanol–water partition coefficient (Wildman–Crippen LogP) is 0.644. The van der Waals surface area contributed by atoms with E-state index in [9.17, 15) is 14.9 Å². The minimum absolute atomic E-state index is 0. The van der Waals surface area contributed by atoms with Gasteiger partial charge in [0.15, 0.2) is 0 Å². The van der Waals surface area contributed by atoms with E-state index in [0.717, 1.165) is 6.07 Å². The number of benzene rings is 1. The molecule has 0 fully saturated rings. The zero-order valence-corrected chi connectivity index (χ0v) is 5.93. The van der Waals surface area contributed by atoms with Gasteiger partial charge in [-0.15, -0.1) is 0 Å². The normalized spacial score (nSPS) is 8.62. The van der Waals surface area contributed by atoms with Crippen molar-refractivity contribution in [2.24, 2.45) is 0 Å². The molecule has 0 unspecified atom stereocenters. The third-order valence-electron chi connectivity index (χ3n) is 1.33. The van der Waals surface area contributed by atoms with Crippen molar-refractivity contribution in [2.45, 2.75) is 0 Å². The number of carbonyl (C=O) groups is 1. The maximum atomic E-state index is 10.4. The number of hydrogen-bond acceptors (Lipinski definition) is 3. The summed E-state index contributed by atoms with van der Waals surface area (Å²) in [5, 5.41) is 18.8. The molecule has 1 aromatic rings. The standard InChI is InChI=1S/C7H5NO4.K.H/c9-7(10)5-3-1-2-4-6(5)8(11)12;;/h1-4H,(H,9,10);;. The first-order valence-electron chi connectivity index (χ1n) is 3.09.